The standard InChI is InChI=1S/C63H88N12O26/c1-3-96-30-13-11-28(12-14-30)24-95-25-38-46(83)48(85)51(88)61(100-38)101-53-37(23-78)99-60(52(89)49(53)86)97-31-15-9-27(10-16-31)17-32-55(91)73-41(43(80)33-18-67-62(64)71-33)58(94)74-42(44(81)35-19-68-63(65)75(35)59-50(87)47(84)45(82)36(22-77)98-59)57(93)70-34(21-76)54(90)66-20-39(79)72-40(56(92)69-32)26(2)29-7-5-4-6-8-29/h4-16,26,32-38,40-53,59-61,76-78,80-89H,3,17-25H2,1-2H3,(H2,65,68)(H,66,90)(H,69,92)(H,70,93)(H,72,79)(H,73,91)(H,74,94)(H3,64,67,71)/t26?,32-,33?,34+,35?,36-,37-,38-,40+,41+,42-,43?,44?,45-,46-,47+,48+,49-,50+,51+,52+,53-,59+,60+,61-/m1/s1. The van der Waals surface area contributed by atoms with Crippen LogP contribution in [0.5, 0.6) is 11.5 Å². The fourth-order valence-corrected chi connectivity index (χ4v) is 12.3. The number of aliphatic hydroxyl groups excluding tert-OH is 13. The molecular weight excluding hydrogens is 1340 g/mol. The molecule has 3 aromatic carbocycles. The SMILES string of the molecule is CCOc1ccc(COC[C@H]2O[C@H](O[C@H]3[C@H](O)[C@H](O)[C@@H](Oc4ccc(C[C@H]5NC(=O)[C@H](C(C)c6ccccc6)NC(=O)CNC(=O)[C@H](CO)NC(=O)[C@@H](C(O)C6CN=C(N)N6[C@H]6O[C@H](CO)[C@@H](O)[C@H](O)[C@@H]6O)NC(=O)[C@H](C(O)C6CN=C(N)N6)NC5=O)cc4)O[C@@H]3CO)[C@@H](O)[C@@H](O)[C@@H]2O)cc1. The van der Waals surface area contributed by atoms with Gasteiger partial charge in [-0.1, -0.05) is 61.5 Å². The van der Waals surface area contributed by atoms with E-state index in [1.807, 2.05) is 6.92 Å². The zero-order valence-corrected chi connectivity index (χ0v) is 54.6. The molecule has 9 rings (SSSR count). The minimum absolute atomic E-state index is 0.0492. The molecule has 101 heavy (non-hydrogen) atoms. The number of rotatable bonds is 22. The highest BCUT2D eigenvalue weighted by atomic mass is 16.7. The second-order valence-electron chi connectivity index (χ2n) is 25.0. The number of hydrogen-bond donors (Lipinski definition) is 22. The number of amides is 6. The summed E-state index contributed by atoms with van der Waals surface area (Å²) >= 11 is 0. The fraction of sp³-hybridized carbons (Fsp3) is 0.587. The number of hydrogen-bond acceptors (Lipinski definition) is 32. The number of aliphatic hydroxyl groups is 13. The number of benzene rings is 3. The molecule has 0 saturated carbocycles. The van der Waals surface area contributed by atoms with Crippen LogP contribution in [-0.2, 0) is 65.5 Å². The number of aliphatic imine (C=N–C) groups is 2. The maximum absolute atomic E-state index is 15.2. The lowest BCUT2D eigenvalue weighted by molar-refractivity contribution is -0.353. The third kappa shape index (κ3) is 18.2. The van der Waals surface area contributed by atoms with E-state index in [-0.39, 0.29) is 37.0 Å². The van der Waals surface area contributed by atoms with Crippen molar-refractivity contribution in [3.63, 3.8) is 0 Å². The number of guanidine groups is 2. The molecule has 0 bridgehead atoms. The molecule has 0 spiro atoms. The van der Waals surface area contributed by atoms with E-state index in [2.05, 4.69) is 47.2 Å². The molecule has 4 fully saturated rings. The summed E-state index contributed by atoms with van der Waals surface area (Å²) in [7, 11) is 0. The maximum Gasteiger partial charge on any atom is 0.246 e. The molecule has 3 aromatic rings. The van der Waals surface area contributed by atoms with Gasteiger partial charge in [0.1, 0.15) is 127 Å². The first-order chi connectivity index (χ1) is 48.2. The van der Waals surface area contributed by atoms with Gasteiger partial charge in [0, 0.05) is 12.3 Å². The lowest BCUT2D eigenvalue weighted by Gasteiger charge is -2.46. The minimum atomic E-state index is -2.35. The highest BCUT2D eigenvalue weighted by molar-refractivity contribution is 5.98. The van der Waals surface area contributed by atoms with Crippen molar-refractivity contribution < 1.29 is 128 Å². The summed E-state index contributed by atoms with van der Waals surface area (Å²) in [5.74, 6) is -8.35. The summed E-state index contributed by atoms with van der Waals surface area (Å²) in [6.45, 7) is -1.11. The molecule has 0 aromatic heterocycles. The van der Waals surface area contributed by atoms with Crippen LogP contribution in [0.4, 0.5) is 0 Å². The number of ether oxygens (including phenoxy) is 7. The molecule has 5 unspecified atom stereocenters. The zero-order chi connectivity index (χ0) is 73.1. The Balaban J connectivity index is 0.971. The molecule has 6 aliphatic heterocycles. The van der Waals surface area contributed by atoms with Crippen LogP contribution < -0.4 is 58.2 Å². The Morgan fingerprint density at radius 1 is 0.574 bits per heavy atom. The van der Waals surface area contributed by atoms with Crippen LogP contribution in [0, 0.1) is 0 Å². The Hall–Kier alpha value is -8.10. The van der Waals surface area contributed by atoms with Crippen molar-refractivity contribution in [2.24, 2.45) is 21.5 Å². The van der Waals surface area contributed by atoms with Crippen LogP contribution in [0.15, 0.2) is 88.8 Å². The van der Waals surface area contributed by atoms with Crippen molar-refractivity contribution in [2.75, 3.05) is 52.7 Å². The highest BCUT2D eigenvalue weighted by Crippen LogP contribution is 2.33. The monoisotopic (exact) mass is 1430 g/mol. The van der Waals surface area contributed by atoms with Gasteiger partial charge in [-0.05, 0) is 47.9 Å². The maximum atomic E-state index is 15.2. The molecule has 24 N–H and O–H groups in total. The smallest absolute Gasteiger partial charge is 0.246 e. The van der Waals surface area contributed by atoms with Crippen molar-refractivity contribution in [1.82, 2.24) is 42.1 Å². The van der Waals surface area contributed by atoms with Crippen LogP contribution >= 0.6 is 0 Å². The van der Waals surface area contributed by atoms with Crippen LogP contribution in [0.2, 0.25) is 0 Å². The Morgan fingerprint density at radius 3 is 1.82 bits per heavy atom. The lowest BCUT2D eigenvalue weighted by atomic mass is 9.92. The molecule has 25 atom stereocenters. The van der Waals surface area contributed by atoms with Gasteiger partial charge in [0.05, 0.1) is 71.4 Å². The predicted octanol–water partition coefficient (Wildman–Crippen LogP) is -11.0. The van der Waals surface area contributed by atoms with Gasteiger partial charge in [0.25, 0.3) is 0 Å². The second kappa shape index (κ2) is 34.7. The third-order valence-corrected chi connectivity index (χ3v) is 18.1. The van der Waals surface area contributed by atoms with Gasteiger partial charge in [-0.15, -0.1) is 0 Å². The number of carbonyl (C=O) groups excluding carboxylic acids is 6. The zero-order valence-electron chi connectivity index (χ0n) is 54.6. The lowest BCUT2D eigenvalue weighted by Crippen LogP contribution is -2.70. The van der Waals surface area contributed by atoms with Crippen LogP contribution in [0.1, 0.15) is 36.5 Å². The number of carbonyl (C=O) groups is 6. The average molecular weight is 1430 g/mol. The van der Waals surface area contributed by atoms with Crippen LogP contribution in [-0.4, -0.2) is 318 Å². The Morgan fingerprint density at radius 2 is 1.17 bits per heavy atom. The first-order valence-corrected chi connectivity index (χ1v) is 32.5. The van der Waals surface area contributed by atoms with Crippen molar-refractivity contribution in [3.05, 3.63) is 95.6 Å². The molecule has 556 valence electrons. The van der Waals surface area contributed by atoms with Gasteiger partial charge in [-0.2, -0.15) is 0 Å². The van der Waals surface area contributed by atoms with Gasteiger partial charge in [0.2, 0.25) is 41.7 Å². The Bertz CT molecular complexity index is 3350. The molecule has 0 radical (unpaired) electrons. The quantitative estimate of drug-likeness (QED) is 0.0444. The largest absolute Gasteiger partial charge is 0.494 e. The number of nitrogens with two attached hydrogens (primary N) is 2. The van der Waals surface area contributed by atoms with Gasteiger partial charge < -0.3 is 153 Å². The summed E-state index contributed by atoms with van der Waals surface area (Å²) in [5, 5.41) is 161. The number of nitrogens with zero attached hydrogens (tertiary/aromatic N) is 3. The molecule has 6 aliphatic rings. The normalized spacial score (nSPS) is 34.9. The summed E-state index contributed by atoms with van der Waals surface area (Å²) in [4.78, 5) is 96.5. The van der Waals surface area contributed by atoms with Crippen molar-refractivity contribution in [2.45, 2.75) is 179 Å². The number of nitrogens with one attached hydrogen (secondary N) is 7. The van der Waals surface area contributed by atoms with Crippen molar-refractivity contribution in [3.8, 4) is 11.5 Å². The highest BCUT2D eigenvalue weighted by Gasteiger charge is 2.54. The van der Waals surface area contributed by atoms with Crippen molar-refractivity contribution in [1.29, 1.82) is 0 Å². The fourth-order valence-electron chi connectivity index (χ4n) is 12.3. The van der Waals surface area contributed by atoms with E-state index in [0.29, 0.717) is 17.9 Å². The summed E-state index contributed by atoms with van der Waals surface area (Å²) in [6, 6.07) is 7.86. The Labute approximate surface area is 576 Å². The van der Waals surface area contributed by atoms with E-state index < -0.39 is 233 Å². The topological polar surface area (TPSA) is 594 Å². The minimum Gasteiger partial charge on any atom is -0.494 e. The molecule has 4 saturated heterocycles. The summed E-state index contributed by atoms with van der Waals surface area (Å²) in [6.07, 6.45) is -31.5. The molecular formula is C63H88N12O26. The van der Waals surface area contributed by atoms with E-state index in [0.717, 1.165) is 10.5 Å². The summed E-state index contributed by atoms with van der Waals surface area (Å²) in [5.41, 5.74) is 13.6. The van der Waals surface area contributed by atoms with Crippen LogP contribution in [0.3, 0.4) is 0 Å². The average Bonchev–Trinajstić information content (AvgIpc) is 1.72. The first-order valence-electron chi connectivity index (χ1n) is 32.5. The first kappa shape index (κ1) is 77.1. The van der Waals surface area contributed by atoms with Gasteiger partial charge in [-0.3, -0.25) is 38.8 Å². The van der Waals surface area contributed by atoms with E-state index in [1.54, 1.807) is 61.5 Å². The van der Waals surface area contributed by atoms with Crippen molar-refractivity contribution >= 4 is 47.4 Å². The van der Waals surface area contributed by atoms with E-state index in [9.17, 15) is 85.6 Å². The summed E-state index contributed by atoms with van der Waals surface area (Å²) < 4.78 is 40.4. The second-order valence-corrected chi connectivity index (χ2v) is 25.0. The van der Waals surface area contributed by atoms with E-state index in [1.165, 1.54) is 24.3 Å². The molecule has 0 aliphatic carbocycles. The van der Waals surface area contributed by atoms with Gasteiger partial charge in [-0.25, -0.2) is 0 Å². The van der Waals surface area contributed by atoms with E-state index >= 15 is 9.59 Å². The van der Waals surface area contributed by atoms with E-state index in [4.69, 9.17) is 44.6 Å². The van der Waals surface area contributed by atoms with Gasteiger partial charge >= 0.3 is 0 Å². The predicted molar refractivity (Wildman–Crippen MR) is 343 cm³/mol. The van der Waals surface area contributed by atoms with Gasteiger partial charge in [0.15, 0.2) is 24.4 Å². The Kier molecular flexibility index (Phi) is 26.5. The third-order valence-electron chi connectivity index (χ3n) is 18.1. The molecule has 38 nitrogen and oxygen atoms in total. The molecule has 38 heteroatoms. The van der Waals surface area contributed by atoms with Crippen LogP contribution in [0.25, 0.3) is 0 Å². The molecule has 6 heterocycles. The molecule has 6 amide bonds.